The molecular weight excluding hydrogens is 234 g/mol. The topological polar surface area (TPSA) is 42.2 Å². The Bertz CT molecular complexity index is 359. The van der Waals surface area contributed by atoms with Gasteiger partial charge in [0.05, 0.1) is 6.26 Å². The summed E-state index contributed by atoms with van der Waals surface area (Å²) in [5.41, 5.74) is 0.901. The molecule has 4 heteroatoms. The molecule has 0 saturated heterocycles. The highest BCUT2D eigenvalue weighted by molar-refractivity contribution is 9.10. The van der Waals surface area contributed by atoms with Crippen molar-refractivity contribution in [2.45, 2.75) is 13.5 Å². The van der Waals surface area contributed by atoms with Crippen LogP contribution in [0.2, 0.25) is 0 Å². The molecule has 68 valence electrons. The molecule has 0 fully saturated rings. The van der Waals surface area contributed by atoms with Gasteiger partial charge in [-0.1, -0.05) is 5.92 Å². The number of rotatable bonds is 2. The van der Waals surface area contributed by atoms with E-state index in [1.807, 2.05) is 0 Å². The zero-order valence-electron chi connectivity index (χ0n) is 7.06. The second-order valence-corrected chi connectivity index (χ2v) is 3.10. The zero-order chi connectivity index (χ0) is 9.68. The lowest BCUT2D eigenvalue weighted by Gasteiger charge is -1.95. The predicted molar refractivity (Wildman–Crippen MR) is 51.7 cm³/mol. The molecule has 0 spiro atoms. The predicted octanol–water partition coefficient (Wildman–Crippen LogP) is 1.68. The first kappa shape index (κ1) is 9.87. The highest BCUT2D eigenvalue weighted by atomic mass is 79.9. The highest BCUT2D eigenvalue weighted by Gasteiger charge is 1.99. The number of nitrogens with one attached hydrogen (secondary N) is 1. The van der Waals surface area contributed by atoms with E-state index in [1.54, 1.807) is 19.3 Å². The SMILES string of the molecule is CC#CC(=O)NCc1coc(Br)c1. The molecule has 1 rings (SSSR count). The first-order chi connectivity index (χ1) is 6.22. The first-order valence-corrected chi connectivity index (χ1v) is 4.45. The lowest BCUT2D eigenvalue weighted by atomic mass is 10.3. The van der Waals surface area contributed by atoms with Gasteiger partial charge in [0.15, 0.2) is 4.67 Å². The number of furan rings is 1. The standard InChI is InChI=1S/C9H8BrNO2/c1-2-3-9(12)11-5-7-4-8(10)13-6-7/h4,6H,5H2,1H3,(H,11,12). The van der Waals surface area contributed by atoms with Gasteiger partial charge in [-0.3, -0.25) is 4.79 Å². The van der Waals surface area contributed by atoms with E-state index < -0.39 is 0 Å². The van der Waals surface area contributed by atoms with Crippen LogP contribution in [0.1, 0.15) is 12.5 Å². The number of carbonyl (C=O) groups excluding carboxylic acids is 1. The molecule has 0 radical (unpaired) electrons. The second kappa shape index (κ2) is 4.73. The van der Waals surface area contributed by atoms with Crippen LogP contribution in [0.15, 0.2) is 21.4 Å². The molecule has 1 amide bonds. The third kappa shape index (κ3) is 3.34. The monoisotopic (exact) mass is 241 g/mol. The maximum Gasteiger partial charge on any atom is 0.296 e. The Balaban J connectivity index is 2.42. The number of carbonyl (C=O) groups is 1. The molecule has 0 bridgehead atoms. The number of hydrogen-bond donors (Lipinski definition) is 1. The van der Waals surface area contributed by atoms with Crippen LogP contribution < -0.4 is 5.32 Å². The van der Waals surface area contributed by atoms with Gasteiger partial charge in [-0.05, 0) is 34.8 Å². The van der Waals surface area contributed by atoms with E-state index in [-0.39, 0.29) is 5.91 Å². The van der Waals surface area contributed by atoms with Gasteiger partial charge in [0.1, 0.15) is 0 Å². The summed E-state index contributed by atoms with van der Waals surface area (Å²) in [5, 5.41) is 2.62. The van der Waals surface area contributed by atoms with Crippen molar-refractivity contribution in [3.63, 3.8) is 0 Å². The quantitative estimate of drug-likeness (QED) is 0.801. The number of halogens is 1. The van der Waals surface area contributed by atoms with Crippen LogP contribution in [0.5, 0.6) is 0 Å². The Morgan fingerprint density at radius 1 is 1.77 bits per heavy atom. The lowest BCUT2D eigenvalue weighted by molar-refractivity contribution is -0.115. The van der Waals surface area contributed by atoms with E-state index in [2.05, 4.69) is 33.1 Å². The molecule has 1 N–H and O–H groups in total. The fourth-order valence-electron chi connectivity index (χ4n) is 0.779. The molecule has 0 unspecified atom stereocenters. The summed E-state index contributed by atoms with van der Waals surface area (Å²) >= 11 is 3.16. The Kier molecular flexibility index (Phi) is 3.59. The van der Waals surface area contributed by atoms with Crippen LogP contribution in [-0.2, 0) is 11.3 Å². The molecule has 1 aromatic rings. The normalized spacial score (nSPS) is 8.77. The summed E-state index contributed by atoms with van der Waals surface area (Å²) in [6.07, 6.45) is 1.57. The number of hydrogen-bond acceptors (Lipinski definition) is 2. The van der Waals surface area contributed by atoms with Crippen LogP contribution in [0, 0.1) is 11.8 Å². The molecule has 0 aliphatic carbocycles. The molecule has 3 nitrogen and oxygen atoms in total. The largest absolute Gasteiger partial charge is 0.457 e. The van der Waals surface area contributed by atoms with E-state index >= 15 is 0 Å². The van der Waals surface area contributed by atoms with Crippen molar-refractivity contribution in [1.29, 1.82) is 0 Å². The maximum absolute atomic E-state index is 10.9. The highest BCUT2D eigenvalue weighted by Crippen LogP contribution is 2.13. The summed E-state index contributed by atoms with van der Waals surface area (Å²) in [5.74, 6) is 4.62. The van der Waals surface area contributed by atoms with Crippen LogP contribution in [0.25, 0.3) is 0 Å². The Labute approximate surface area is 84.6 Å². The van der Waals surface area contributed by atoms with Gasteiger partial charge in [0.2, 0.25) is 0 Å². The van der Waals surface area contributed by atoms with Crippen molar-refractivity contribution in [2.75, 3.05) is 0 Å². The van der Waals surface area contributed by atoms with Crippen molar-refractivity contribution in [3.8, 4) is 11.8 Å². The second-order valence-electron chi connectivity index (χ2n) is 2.32. The first-order valence-electron chi connectivity index (χ1n) is 3.66. The third-order valence-corrected chi connectivity index (χ3v) is 1.73. The van der Waals surface area contributed by atoms with Crippen LogP contribution in [0.3, 0.4) is 0 Å². The van der Waals surface area contributed by atoms with Crippen molar-refractivity contribution >= 4 is 21.8 Å². The van der Waals surface area contributed by atoms with E-state index in [0.717, 1.165) is 5.56 Å². The van der Waals surface area contributed by atoms with Crippen LogP contribution in [-0.4, -0.2) is 5.91 Å². The smallest absolute Gasteiger partial charge is 0.296 e. The Morgan fingerprint density at radius 3 is 3.08 bits per heavy atom. The Hall–Kier alpha value is -1.21. The van der Waals surface area contributed by atoms with Crippen molar-refractivity contribution in [3.05, 3.63) is 22.6 Å². The van der Waals surface area contributed by atoms with Gasteiger partial charge >= 0.3 is 0 Å². The van der Waals surface area contributed by atoms with E-state index in [9.17, 15) is 4.79 Å². The molecule has 0 aromatic carbocycles. The molecule has 0 aliphatic rings. The van der Waals surface area contributed by atoms with E-state index in [4.69, 9.17) is 4.42 Å². The molecular formula is C9H8BrNO2. The maximum atomic E-state index is 10.9. The summed E-state index contributed by atoms with van der Waals surface area (Å²) in [7, 11) is 0. The van der Waals surface area contributed by atoms with Crippen molar-refractivity contribution in [2.24, 2.45) is 0 Å². The summed E-state index contributed by atoms with van der Waals surface area (Å²) in [6, 6.07) is 1.79. The molecule has 0 saturated carbocycles. The van der Waals surface area contributed by atoms with Gasteiger partial charge in [0.25, 0.3) is 5.91 Å². The number of amides is 1. The molecule has 0 aliphatic heterocycles. The van der Waals surface area contributed by atoms with Gasteiger partial charge in [-0.15, -0.1) is 0 Å². The zero-order valence-corrected chi connectivity index (χ0v) is 8.64. The summed E-state index contributed by atoms with van der Waals surface area (Å²) < 4.78 is 5.64. The third-order valence-electron chi connectivity index (χ3n) is 1.31. The summed E-state index contributed by atoms with van der Waals surface area (Å²) in [4.78, 5) is 10.9. The van der Waals surface area contributed by atoms with E-state index in [0.29, 0.717) is 11.2 Å². The minimum Gasteiger partial charge on any atom is -0.457 e. The minimum atomic E-state index is -0.278. The molecule has 13 heavy (non-hydrogen) atoms. The fourth-order valence-corrected chi connectivity index (χ4v) is 1.17. The van der Waals surface area contributed by atoms with Crippen molar-refractivity contribution < 1.29 is 9.21 Å². The average molecular weight is 242 g/mol. The lowest BCUT2D eigenvalue weighted by Crippen LogP contribution is -2.20. The fraction of sp³-hybridized carbons (Fsp3) is 0.222. The average Bonchev–Trinajstić information content (AvgIpc) is 2.49. The van der Waals surface area contributed by atoms with Gasteiger partial charge in [-0.25, -0.2) is 0 Å². The molecule has 1 aromatic heterocycles. The Morgan fingerprint density at radius 2 is 2.54 bits per heavy atom. The summed E-state index contributed by atoms with van der Waals surface area (Å²) in [6.45, 7) is 2.05. The van der Waals surface area contributed by atoms with Crippen molar-refractivity contribution in [1.82, 2.24) is 5.32 Å². The van der Waals surface area contributed by atoms with E-state index in [1.165, 1.54) is 0 Å². The van der Waals surface area contributed by atoms with Gasteiger partial charge < -0.3 is 9.73 Å². The van der Waals surface area contributed by atoms with Crippen LogP contribution in [0.4, 0.5) is 0 Å². The van der Waals surface area contributed by atoms with Crippen LogP contribution >= 0.6 is 15.9 Å². The van der Waals surface area contributed by atoms with Gasteiger partial charge in [0, 0.05) is 12.1 Å². The molecule has 0 atom stereocenters. The van der Waals surface area contributed by atoms with Gasteiger partial charge in [-0.2, -0.15) is 0 Å². The molecule has 1 heterocycles. The minimum absolute atomic E-state index is 0.278.